The van der Waals surface area contributed by atoms with E-state index in [-0.39, 0.29) is 5.97 Å². The number of ether oxygens (including phenoxy) is 2. The van der Waals surface area contributed by atoms with Gasteiger partial charge in [0.15, 0.2) is 0 Å². The van der Waals surface area contributed by atoms with Gasteiger partial charge >= 0.3 is 5.97 Å². The number of likely N-dealkylation sites (tertiary alicyclic amines) is 3. The van der Waals surface area contributed by atoms with E-state index in [9.17, 15) is 15.2 Å². The van der Waals surface area contributed by atoms with Crippen LogP contribution in [0.5, 0.6) is 5.75 Å². The molecule has 8 heteroatoms. The Morgan fingerprint density at radius 1 is 0.589 bits per heavy atom. The van der Waals surface area contributed by atoms with Gasteiger partial charge in [-0.25, -0.2) is 4.79 Å². The number of esters is 1. The third-order valence-electron chi connectivity index (χ3n) is 20.7. The maximum atomic E-state index is 11.7. The smallest absolute Gasteiger partial charge is 0.337 e. The number of aliphatic hydroxyl groups is 1. The van der Waals surface area contributed by atoms with Crippen LogP contribution < -0.4 is 4.74 Å². The second-order valence-corrected chi connectivity index (χ2v) is 24.5. The minimum atomic E-state index is -0.598. The van der Waals surface area contributed by atoms with Crippen LogP contribution >= 0.6 is 0 Å². The molecule has 0 aromatic heterocycles. The molecule has 73 heavy (non-hydrogen) atoms. The summed E-state index contributed by atoms with van der Waals surface area (Å²) < 4.78 is 10.4. The molecule has 0 radical (unpaired) electrons. The summed E-state index contributed by atoms with van der Waals surface area (Å²) in [4.78, 5) is 20.0. The van der Waals surface area contributed by atoms with Crippen LogP contribution in [-0.4, -0.2) is 97.4 Å². The molecule has 0 spiro atoms. The fourth-order valence-electron chi connectivity index (χ4n) is 16.8. The number of hydrogen-bond acceptors (Lipinski definition) is 8. The van der Waals surface area contributed by atoms with Crippen molar-refractivity contribution in [2.75, 3.05) is 53.5 Å². The highest BCUT2D eigenvalue weighted by molar-refractivity contribution is 5.90. The number of methoxy groups -OCH3 is 2. The molecule has 3 saturated heterocycles. The van der Waals surface area contributed by atoms with Crippen molar-refractivity contribution in [3.63, 3.8) is 0 Å². The summed E-state index contributed by atoms with van der Waals surface area (Å²) in [6.45, 7) is 9.16. The van der Waals surface area contributed by atoms with E-state index in [2.05, 4.69) is 88.4 Å². The number of aryl methyl sites for hydroxylation is 1. The first kappa shape index (κ1) is 50.6. The zero-order valence-electron chi connectivity index (χ0n) is 44.4. The van der Waals surface area contributed by atoms with Crippen molar-refractivity contribution in [2.24, 2.45) is 35.5 Å². The van der Waals surface area contributed by atoms with Crippen LogP contribution in [0.15, 0.2) is 91.0 Å². The predicted molar refractivity (Wildman–Crippen MR) is 292 cm³/mol. The summed E-state index contributed by atoms with van der Waals surface area (Å²) in [7, 11) is 3.16. The average molecular weight is 985 g/mol. The third-order valence-corrected chi connectivity index (χ3v) is 20.7. The molecule has 9 atom stereocenters. The molecule has 3 unspecified atom stereocenters. The van der Waals surface area contributed by atoms with E-state index in [0.717, 1.165) is 96.4 Å². The molecular weight excluding hydrogens is 901 g/mol. The SMILES string of the molecule is COC(=O)c1ccc(-c2ccccc2C2CCN([C@H]3C[C@H]4CC[C@H]3C4)CC2)cc1.COc1ccc(C#N)cc1C1CCN([C@H]2C[C@H]3CC[C@H]2C3)CC1.Cc1ccccc1C1(O)CCN(C2CC3CCC2C3)CC1. The van der Waals surface area contributed by atoms with Crippen molar-refractivity contribution in [2.45, 2.75) is 158 Å². The molecule has 6 bridgehead atoms. The van der Waals surface area contributed by atoms with E-state index in [4.69, 9.17) is 9.47 Å². The number of piperidine rings is 3. The van der Waals surface area contributed by atoms with Crippen molar-refractivity contribution < 1.29 is 19.4 Å². The van der Waals surface area contributed by atoms with E-state index in [1.54, 1.807) is 7.11 Å². The van der Waals surface area contributed by atoms with Crippen LogP contribution in [0.1, 0.15) is 166 Å². The molecule has 1 N–H and O–H groups in total. The standard InChI is InChI=1S/C26H31NO2.C20H26N2O.C19H27NO/c1-29-26(28)21-10-8-19(9-11-21)23-4-2-3-5-24(23)20-12-14-27(15-13-20)25-17-18-6-7-22(25)16-18;1-23-20-5-3-15(13-21)11-18(20)16-6-8-22(9-7-16)19-12-14-2-4-17(19)10-14;1-14-4-2-3-5-17(14)19(21)8-10-20(11-9-19)18-13-15-6-7-16(18)12-15/h2-5,8-11,18,20,22,25H,6-7,12-17H2,1H3;3,5,11,14,16-17,19H,2,4,6-10,12H2,1H3;2-5,15-16,18,21H,6-13H2,1H3/t18-,22-,25-;14-,17-,19-;/m00./s1. The summed E-state index contributed by atoms with van der Waals surface area (Å²) in [6.07, 6.45) is 24.3. The third kappa shape index (κ3) is 10.8. The lowest BCUT2D eigenvalue weighted by atomic mass is 9.81. The van der Waals surface area contributed by atoms with Crippen LogP contribution in [0, 0.1) is 53.8 Å². The Labute approximate surface area is 437 Å². The summed E-state index contributed by atoms with van der Waals surface area (Å²) >= 11 is 0. The largest absolute Gasteiger partial charge is 0.496 e. The van der Waals surface area contributed by atoms with Gasteiger partial charge in [0.2, 0.25) is 0 Å². The van der Waals surface area contributed by atoms with Crippen molar-refractivity contribution in [1.82, 2.24) is 14.7 Å². The molecule has 13 rings (SSSR count). The minimum absolute atomic E-state index is 0.280. The monoisotopic (exact) mass is 985 g/mol. The average Bonchev–Trinajstić information content (AvgIpc) is 4.35. The Morgan fingerprint density at radius 2 is 1.10 bits per heavy atom. The van der Waals surface area contributed by atoms with Crippen molar-refractivity contribution in [3.05, 3.63) is 124 Å². The van der Waals surface area contributed by atoms with E-state index >= 15 is 0 Å². The molecule has 6 saturated carbocycles. The Balaban J connectivity index is 0.000000120. The highest BCUT2D eigenvalue weighted by Gasteiger charge is 2.46. The van der Waals surface area contributed by atoms with Gasteiger partial charge in [-0.2, -0.15) is 5.26 Å². The summed E-state index contributed by atoms with van der Waals surface area (Å²) in [5.41, 5.74) is 8.32. The quantitative estimate of drug-likeness (QED) is 0.166. The zero-order valence-corrected chi connectivity index (χ0v) is 44.4. The number of nitriles is 1. The Hall–Kier alpha value is -4.52. The van der Waals surface area contributed by atoms with Crippen molar-refractivity contribution in [1.29, 1.82) is 5.26 Å². The first-order chi connectivity index (χ1) is 35.7. The van der Waals surface area contributed by atoms with Crippen LogP contribution in [0.4, 0.5) is 0 Å². The zero-order chi connectivity index (χ0) is 50.1. The van der Waals surface area contributed by atoms with Gasteiger partial charge in [-0.3, -0.25) is 4.90 Å². The van der Waals surface area contributed by atoms with Crippen LogP contribution in [0.3, 0.4) is 0 Å². The van der Waals surface area contributed by atoms with E-state index in [1.165, 1.54) is 164 Å². The molecule has 3 heterocycles. The Morgan fingerprint density at radius 3 is 1.58 bits per heavy atom. The van der Waals surface area contributed by atoms with Crippen molar-refractivity contribution >= 4 is 5.97 Å². The molecule has 4 aromatic rings. The fourth-order valence-corrected chi connectivity index (χ4v) is 16.8. The van der Waals surface area contributed by atoms with Gasteiger partial charge in [-0.15, -0.1) is 0 Å². The molecule has 8 nitrogen and oxygen atoms in total. The van der Waals surface area contributed by atoms with Gasteiger partial charge in [0.05, 0.1) is 37.0 Å². The molecule has 9 fully saturated rings. The molecule has 3 aliphatic heterocycles. The molecular formula is C65H84N4O4. The lowest BCUT2D eigenvalue weighted by molar-refractivity contribution is -0.0417. The van der Waals surface area contributed by atoms with Gasteiger partial charge in [0, 0.05) is 31.2 Å². The number of carbonyl (C=O) groups is 1. The number of fused-ring (bicyclic) bond motifs is 6. The van der Waals surface area contributed by atoms with Gasteiger partial charge in [-0.1, -0.05) is 79.9 Å². The highest BCUT2D eigenvalue weighted by Crippen LogP contribution is 2.51. The lowest BCUT2D eigenvalue weighted by Gasteiger charge is -2.43. The number of benzene rings is 4. The minimum Gasteiger partial charge on any atom is -0.496 e. The van der Waals surface area contributed by atoms with Gasteiger partial charge < -0.3 is 24.4 Å². The fraction of sp³-hybridized carbons (Fsp3) is 0.600. The normalized spacial score (nSPS) is 30.8. The van der Waals surface area contributed by atoms with Gasteiger partial charge in [-0.05, 0) is 240 Å². The highest BCUT2D eigenvalue weighted by atomic mass is 16.5. The number of rotatable bonds is 9. The molecule has 0 amide bonds. The van der Waals surface area contributed by atoms with E-state index < -0.39 is 5.60 Å². The molecule has 4 aromatic carbocycles. The van der Waals surface area contributed by atoms with E-state index in [0.29, 0.717) is 17.4 Å². The topological polar surface area (TPSA) is 89.3 Å². The Bertz CT molecular complexity index is 2550. The van der Waals surface area contributed by atoms with Crippen molar-refractivity contribution in [3.8, 4) is 22.9 Å². The van der Waals surface area contributed by atoms with Crippen LogP contribution in [-0.2, 0) is 10.3 Å². The van der Waals surface area contributed by atoms with Crippen LogP contribution in [0.25, 0.3) is 11.1 Å². The second-order valence-electron chi connectivity index (χ2n) is 24.5. The molecule has 6 aliphatic carbocycles. The number of carbonyl (C=O) groups excluding carboxylic acids is 1. The van der Waals surface area contributed by atoms with Gasteiger partial charge in [0.1, 0.15) is 5.75 Å². The lowest BCUT2D eigenvalue weighted by Crippen LogP contribution is -2.48. The van der Waals surface area contributed by atoms with E-state index in [1.807, 2.05) is 30.3 Å². The molecule has 9 aliphatic rings. The maximum Gasteiger partial charge on any atom is 0.337 e. The van der Waals surface area contributed by atoms with Crippen LogP contribution in [0.2, 0.25) is 0 Å². The summed E-state index contributed by atoms with van der Waals surface area (Å²) in [5.74, 6) is 7.81. The summed E-state index contributed by atoms with van der Waals surface area (Å²) in [6, 6.07) is 35.7. The first-order valence-corrected chi connectivity index (χ1v) is 29.0. The predicted octanol–water partition coefficient (Wildman–Crippen LogP) is 12.9. The first-order valence-electron chi connectivity index (χ1n) is 29.0. The second kappa shape index (κ2) is 22.4. The maximum absolute atomic E-state index is 11.7. The summed E-state index contributed by atoms with van der Waals surface area (Å²) in [5, 5.41) is 20.3. The number of hydrogen-bond donors (Lipinski definition) is 1. The molecule has 388 valence electrons. The Kier molecular flexibility index (Phi) is 15.5. The van der Waals surface area contributed by atoms with Gasteiger partial charge in [0.25, 0.3) is 0 Å². The number of nitrogens with zero attached hydrogens (tertiary/aromatic N) is 4.